The van der Waals surface area contributed by atoms with Gasteiger partial charge < -0.3 is 10.1 Å². The van der Waals surface area contributed by atoms with Crippen LogP contribution in [0.15, 0.2) is 0 Å². The lowest BCUT2D eigenvalue weighted by Crippen LogP contribution is -2.27. The van der Waals surface area contributed by atoms with E-state index in [4.69, 9.17) is 4.74 Å². The molecule has 1 rings (SSSR count). The molecule has 0 aromatic heterocycles. The van der Waals surface area contributed by atoms with Crippen LogP contribution < -0.4 is 5.32 Å². The van der Waals surface area contributed by atoms with Gasteiger partial charge in [0.15, 0.2) is 0 Å². The topological polar surface area (TPSA) is 21.3 Å². The Morgan fingerprint density at radius 2 is 2.30 bits per heavy atom. The fourth-order valence-corrected chi connectivity index (χ4v) is 0.896. The van der Waals surface area contributed by atoms with Crippen molar-refractivity contribution in [2.24, 2.45) is 5.92 Å². The summed E-state index contributed by atoms with van der Waals surface area (Å²) in [6, 6.07) is 0. The van der Waals surface area contributed by atoms with Crippen LogP contribution in [0.4, 0.5) is 0 Å². The molecule has 0 aromatic carbocycles. The number of methoxy groups -OCH3 is 1. The standard InChI is InChI=1S/C8H17NO/c1-7(10-2)5-9-6-8-3-4-8/h7-9H,3-6H2,1-2H3/t7-/m0/s1. The molecule has 0 heterocycles. The van der Waals surface area contributed by atoms with Crippen LogP contribution in [0.1, 0.15) is 19.8 Å². The van der Waals surface area contributed by atoms with Crippen LogP contribution in [0.3, 0.4) is 0 Å². The summed E-state index contributed by atoms with van der Waals surface area (Å²) in [7, 11) is 1.75. The van der Waals surface area contributed by atoms with Crippen LogP contribution in [0, 0.1) is 5.92 Å². The van der Waals surface area contributed by atoms with Gasteiger partial charge in [-0.3, -0.25) is 0 Å². The molecule has 0 amide bonds. The third kappa shape index (κ3) is 3.18. The summed E-state index contributed by atoms with van der Waals surface area (Å²) in [5.74, 6) is 0.976. The van der Waals surface area contributed by atoms with Gasteiger partial charge in [0.1, 0.15) is 0 Å². The maximum atomic E-state index is 5.09. The summed E-state index contributed by atoms with van der Waals surface area (Å²) in [4.78, 5) is 0. The van der Waals surface area contributed by atoms with Crippen LogP contribution in [-0.2, 0) is 4.74 Å². The maximum absolute atomic E-state index is 5.09. The third-order valence-corrected chi connectivity index (χ3v) is 1.96. The van der Waals surface area contributed by atoms with E-state index in [1.165, 1.54) is 19.4 Å². The number of hydrogen-bond donors (Lipinski definition) is 1. The van der Waals surface area contributed by atoms with Gasteiger partial charge in [-0.1, -0.05) is 0 Å². The van der Waals surface area contributed by atoms with Crippen molar-refractivity contribution >= 4 is 0 Å². The molecule has 2 nitrogen and oxygen atoms in total. The predicted molar refractivity (Wildman–Crippen MR) is 42.1 cm³/mol. The Morgan fingerprint density at radius 3 is 2.80 bits per heavy atom. The molecular weight excluding hydrogens is 126 g/mol. The minimum absolute atomic E-state index is 0.360. The SMILES string of the molecule is CO[C@@H](C)CNCC1CC1. The molecule has 0 unspecified atom stereocenters. The Morgan fingerprint density at radius 1 is 1.60 bits per heavy atom. The third-order valence-electron chi connectivity index (χ3n) is 1.96. The molecule has 0 saturated heterocycles. The highest BCUT2D eigenvalue weighted by Crippen LogP contribution is 2.27. The van der Waals surface area contributed by atoms with Gasteiger partial charge in [-0.25, -0.2) is 0 Å². The zero-order valence-electron chi connectivity index (χ0n) is 6.89. The Kier molecular flexibility index (Phi) is 3.16. The van der Waals surface area contributed by atoms with Crippen LogP contribution in [-0.4, -0.2) is 26.3 Å². The summed E-state index contributed by atoms with van der Waals surface area (Å²) in [6.45, 7) is 4.26. The highest BCUT2D eigenvalue weighted by atomic mass is 16.5. The van der Waals surface area contributed by atoms with E-state index in [1.807, 2.05) is 0 Å². The van der Waals surface area contributed by atoms with Gasteiger partial charge in [0, 0.05) is 13.7 Å². The van der Waals surface area contributed by atoms with Crippen molar-refractivity contribution in [3.05, 3.63) is 0 Å². The van der Waals surface area contributed by atoms with E-state index in [9.17, 15) is 0 Å². The van der Waals surface area contributed by atoms with Gasteiger partial charge in [0.05, 0.1) is 6.10 Å². The first-order chi connectivity index (χ1) is 4.83. The normalized spacial score (nSPS) is 21.0. The molecule has 0 aliphatic heterocycles. The molecule has 1 atom stereocenters. The lowest BCUT2D eigenvalue weighted by atomic mass is 10.3. The van der Waals surface area contributed by atoms with Crippen LogP contribution in [0.25, 0.3) is 0 Å². The molecule has 1 fully saturated rings. The van der Waals surface area contributed by atoms with E-state index in [0.717, 1.165) is 12.5 Å². The quantitative estimate of drug-likeness (QED) is 0.620. The highest BCUT2D eigenvalue weighted by Gasteiger charge is 2.20. The summed E-state index contributed by atoms with van der Waals surface area (Å²) in [6.07, 6.45) is 3.21. The van der Waals surface area contributed by atoms with Crippen molar-refractivity contribution in [2.45, 2.75) is 25.9 Å². The smallest absolute Gasteiger partial charge is 0.0667 e. The lowest BCUT2D eigenvalue weighted by Gasteiger charge is -2.09. The molecule has 0 radical (unpaired) electrons. The lowest BCUT2D eigenvalue weighted by molar-refractivity contribution is 0.117. The number of rotatable bonds is 5. The van der Waals surface area contributed by atoms with Gasteiger partial charge in [-0.05, 0) is 32.2 Å². The predicted octanol–water partition coefficient (Wildman–Crippen LogP) is 1.02. The maximum Gasteiger partial charge on any atom is 0.0667 e. The summed E-state index contributed by atoms with van der Waals surface area (Å²) >= 11 is 0. The average Bonchev–Trinajstić information content (AvgIpc) is 2.71. The second kappa shape index (κ2) is 3.94. The minimum atomic E-state index is 0.360. The number of nitrogens with one attached hydrogen (secondary N) is 1. The van der Waals surface area contributed by atoms with E-state index in [2.05, 4.69) is 12.2 Å². The number of ether oxygens (including phenoxy) is 1. The monoisotopic (exact) mass is 143 g/mol. The molecule has 60 valence electrons. The van der Waals surface area contributed by atoms with Crippen LogP contribution in [0.5, 0.6) is 0 Å². The Bertz CT molecular complexity index is 91.3. The molecular formula is C8H17NO. The molecule has 1 saturated carbocycles. The summed E-state index contributed by atoms with van der Waals surface area (Å²) < 4.78 is 5.09. The van der Waals surface area contributed by atoms with Crippen LogP contribution >= 0.6 is 0 Å². The summed E-state index contributed by atoms with van der Waals surface area (Å²) in [5, 5.41) is 3.37. The second-order valence-electron chi connectivity index (χ2n) is 3.15. The van der Waals surface area contributed by atoms with E-state index < -0.39 is 0 Å². The van der Waals surface area contributed by atoms with Crippen LogP contribution in [0.2, 0.25) is 0 Å². The number of hydrogen-bond acceptors (Lipinski definition) is 2. The molecule has 1 N–H and O–H groups in total. The molecule has 0 bridgehead atoms. The van der Waals surface area contributed by atoms with Gasteiger partial charge in [-0.15, -0.1) is 0 Å². The first-order valence-corrected chi connectivity index (χ1v) is 4.06. The molecule has 1 aliphatic rings. The fraction of sp³-hybridized carbons (Fsp3) is 1.00. The van der Waals surface area contributed by atoms with Gasteiger partial charge in [-0.2, -0.15) is 0 Å². The average molecular weight is 143 g/mol. The zero-order valence-corrected chi connectivity index (χ0v) is 6.89. The van der Waals surface area contributed by atoms with Crippen molar-refractivity contribution in [3.63, 3.8) is 0 Å². The highest BCUT2D eigenvalue weighted by molar-refractivity contribution is 4.75. The second-order valence-corrected chi connectivity index (χ2v) is 3.15. The van der Waals surface area contributed by atoms with Crippen molar-refractivity contribution in [1.82, 2.24) is 5.32 Å². The molecule has 2 heteroatoms. The summed E-state index contributed by atoms with van der Waals surface area (Å²) in [5.41, 5.74) is 0. The first kappa shape index (κ1) is 8.02. The van der Waals surface area contributed by atoms with E-state index >= 15 is 0 Å². The van der Waals surface area contributed by atoms with Crippen molar-refractivity contribution in [2.75, 3.05) is 20.2 Å². The van der Waals surface area contributed by atoms with Crippen molar-refractivity contribution in [3.8, 4) is 0 Å². The van der Waals surface area contributed by atoms with E-state index in [-0.39, 0.29) is 0 Å². The molecule has 0 spiro atoms. The Balaban J connectivity index is 1.83. The van der Waals surface area contributed by atoms with Gasteiger partial charge in [0.25, 0.3) is 0 Å². The Labute approximate surface area is 63.0 Å². The first-order valence-electron chi connectivity index (χ1n) is 4.06. The van der Waals surface area contributed by atoms with Gasteiger partial charge in [0.2, 0.25) is 0 Å². The fourth-order valence-electron chi connectivity index (χ4n) is 0.896. The van der Waals surface area contributed by atoms with E-state index in [0.29, 0.717) is 6.10 Å². The van der Waals surface area contributed by atoms with E-state index in [1.54, 1.807) is 7.11 Å². The van der Waals surface area contributed by atoms with Gasteiger partial charge >= 0.3 is 0 Å². The molecule has 0 aromatic rings. The largest absolute Gasteiger partial charge is 0.380 e. The molecule has 10 heavy (non-hydrogen) atoms. The minimum Gasteiger partial charge on any atom is -0.380 e. The zero-order chi connectivity index (χ0) is 7.40. The van der Waals surface area contributed by atoms with Crippen molar-refractivity contribution in [1.29, 1.82) is 0 Å². The Hall–Kier alpha value is -0.0800. The molecule has 1 aliphatic carbocycles. The van der Waals surface area contributed by atoms with Crippen molar-refractivity contribution < 1.29 is 4.74 Å².